The normalized spacial score (nSPS) is 8.83. The summed E-state index contributed by atoms with van der Waals surface area (Å²) < 4.78 is 125. The Morgan fingerprint density at radius 2 is 0.780 bits per heavy atom. The first-order valence-electron chi connectivity index (χ1n) is 9.95. The SMILES string of the molecule is C=CC(=O)O[CH2-].C=CC(=O)O[CH2-].CCC.[CH2-]Oc1c(F)c(F)c(-c2c(F)c(F)c(O[CH2-])c(F)c2F)c(F)c1F.[Rf].[Rf]. The van der Waals surface area contributed by atoms with E-state index in [-0.39, 0.29) is 0 Å². The maximum absolute atomic E-state index is 13.9. The van der Waals surface area contributed by atoms with E-state index in [9.17, 15) is 44.7 Å². The number of carbonyl (C=O) groups is 2. The van der Waals surface area contributed by atoms with Crippen molar-refractivity contribution in [1.82, 2.24) is 0 Å². The maximum Gasteiger partial charge on any atom is 0.298 e. The van der Waals surface area contributed by atoms with Crippen molar-refractivity contribution in [2.24, 2.45) is 0 Å². The molecule has 0 aliphatic heterocycles. The fourth-order valence-electron chi connectivity index (χ4n) is 2.03. The van der Waals surface area contributed by atoms with Crippen LogP contribution >= 0.6 is 0 Å². The first-order chi connectivity index (χ1) is 18.2. The van der Waals surface area contributed by atoms with Crippen LogP contribution in [0.25, 0.3) is 11.1 Å². The molecule has 0 aliphatic carbocycles. The van der Waals surface area contributed by atoms with E-state index in [1.54, 1.807) is 0 Å². The van der Waals surface area contributed by atoms with Crippen LogP contribution in [0.2, 0.25) is 0 Å². The van der Waals surface area contributed by atoms with Crippen LogP contribution in [0.15, 0.2) is 25.3 Å². The molecule has 0 saturated heterocycles. The Labute approximate surface area is 219 Å². The Balaban J connectivity index is -0.000000335. The molecule has 0 bridgehead atoms. The molecular weight excluding hydrogens is 1080 g/mol. The molecule has 0 N–H and O–H groups in total. The molecule has 0 fully saturated rings. The Bertz CT molecular complexity index is 1030. The van der Waals surface area contributed by atoms with Gasteiger partial charge in [0.05, 0.1) is 11.1 Å². The van der Waals surface area contributed by atoms with Crippen molar-refractivity contribution >= 4 is 11.9 Å². The predicted octanol–water partition coefficient (Wildman–Crippen LogP) is 7.24. The molecule has 0 aromatic heterocycles. The van der Waals surface area contributed by atoms with E-state index in [4.69, 9.17) is 0 Å². The average Bonchev–Trinajstić information content (AvgIpc) is 2.93. The molecular formula is C25H22F8O6Rf2-4. The average molecular weight is 1100 g/mol. The van der Waals surface area contributed by atoms with Gasteiger partial charge in [0.15, 0.2) is 34.8 Å². The van der Waals surface area contributed by atoms with E-state index in [0.717, 1.165) is 12.2 Å². The maximum atomic E-state index is 13.9. The van der Waals surface area contributed by atoms with Gasteiger partial charge in [-0.05, 0) is 0 Å². The monoisotopic (exact) mass is 1100 g/mol. The minimum Gasteiger partial charge on any atom is -0.661 e. The summed E-state index contributed by atoms with van der Waals surface area (Å²) in [6.45, 7) is 10.5. The van der Waals surface area contributed by atoms with E-state index in [1.165, 1.54) is 6.42 Å². The van der Waals surface area contributed by atoms with Gasteiger partial charge in [0.25, 0.3) is 11.9 Å². The largest absolute Gasteiger partial charge is 0.661 e. The van der Waals surface area contributed by atoms with E-state index < -0.39 is 81.1 Å². The van der Waals surface area contributed by atoms with E-state index in [2.05, 4.69) is 74.4 Å². The number of esters is 2. The van der Waals surface area contributed by atoms with Gasteiger partial charge in [0.2, 0.25) is 23.3 Å². The Morgan fingerprint density at radius 3 is 0.878 bits per heavy atom. The van der Waals surface area contributed by atoms with Crippen molar-refractivity contribution in [3.05, 3.63) is 100 Å². The molecule has 41 heavy (non-hydrogen) atoms. The number of rotatable bonds is 5. The predicted molar refractivity (Wildman–Crippen MR) is 123 cm³/mol. The van der Waals surface area contributed by atoms with Crippen LogP contribution in [0.5, 0.6) is 11.5 Å². The Morgan fingerprint density at radius 1 is 0.585 bits per heavy atom. The van der Waals surface area contributed by atoms with Gasteiger partial charge < -0.3 is 18.9 Å². The molecule has 0 radical (unpaired) electrons. The van der Waals surface area contributed by atoms with Crippen LogP contribution in [0.3, 0.4) is 0 Å². The molecule has 0 spiro atoms. The second-order valence-corrected chi connectivity index (χ2v) is 6.25. The summed E-state index contributed by atoms with van der Waals surface area (Å²) in [5.74, 6) is -22.5. The Hall–Kier alpha value is -6.10. The van der Waals surface area contributed by atoms with E-state index >= 15 is 0 Å². The van der Waals surface area contributed by atoms with Crippen molar-refractivity contribution in [1.29, 1.82) is 0 Å². The van der Waals surface area contributed by atoms with Crippen LogP contribution < -0.4 is 9.47 Å². The minimum atomic E-state index is -2.35. The molecule has 0 amide bonds. The van der Waals surface area contributed by atoms with Gasteiger partial charge >= 0.3 is 0 Å². The molecule has 0 heterocycles. The third-order valence-corrected chi connectivity index (χ3v) is 3.60. The van der Waals surface area contributed by atoms with Gasteiger partial charge in [-0.3, -0.25) is 0 Å². The molecule has 0 atom stereocenters. The molecule has 2 aromatic carbocycles. The van der Waals surface area contributed by atoms with Crippen LogP contribution in [-0.2, 0) is 19.1 Å². The van der Waals surface area contributed by atoms with Gasteiger partial charge in [-0.1, -0.05) is 33.4 Å². The van der Waals surface area contributed by atoms with E-state index in [0.29, 0.717) is 0 Å². The van der Waals surface area contributed by atoms with Crippen LogP contribution in [0.1, 0.15) is 20.3 Å². The molecule has 6 nitrogen and oxygen atoms in total. The molecule has 2 rings (SSSR count). The number of halogens is 8. The zero-order valence-electron chi connectivity index (χ0n) is 22.0. The summed E-state index contributed by atoms with van der Waals surface area (Å²) in [5, 5.41) is 0. The zero-order chi connectivity index (χ0) is 31.0. The molecule has 222 valence electrons. The second kappa shape index (κ2) is 19.9. The summed E-state index contributed by atoms with van der Waals surface area (Å²) in [5.41, 5.74) is -4.04. The number of benzene rings is 2. The fourth-order valence-corrected chi connectivity index (χ4v) is 2.03. The standard InChI is InChI=1S/C14H4F8O2.2C4H5O2.C3H8.2Rf/c1-23-13-9(19)5(15)3(6(16)10(13)20)4-7(17)11(21)14(24-2)12(22)8(4)18;2*1-3-4(5)6-2;1-3-2;;/h1-2H2;2*3H,1-2H2;3H2,1-2H3;;/q-2;2*-1;;;. The van der Waals surface area contributed by atoms with Crippen molar-refractivity contribution in [2.45, 2.75) is 20.3 Å². The smallest absolute Gasteiger partial charge is 0.298 e. The van der Waals surface area contributed by atoms with Gasteiger partial charge in [-0.15, -0.1) is 0 Å². The molecule has 16 heteroatoms. The van der Waals surface area contributed by atoms with Gasteiger partial charge in [0.1, 0.15) is 0 Å². The topological polar surface area (TPSA) is 71.1 Å². The number of ether oxygens (including phenoxy) is 4. The first kappa shape index (κ1) is 42.0. The minimum absolute atomic E-state index is 0. The number of hydrogen-bond donors (Lipinski definition) is 0. The van der Waals surface area contributed by atoms with Crippen molar-refractivity contribution < 1.29 is 63.7 Å². The molecule has 0 aliphatic rings. The van der Waals surface area contributed by atoms with Gasteiger partial charge in [-0.2, -0.15) is 46.0 Å². The summed E-state index contributed by atoms with van der Waals surface area (Å²) in [6.07, 6.45) is 3.35. The zero-order valence-corrected chi connectivity index (χ0v) is 34.8. The first-order valence-corrected chi connectivity index (χ1v) is 9.95. The van der Waals surface area contributed by atoms with Crippen molar-refractivity contribution in [3.8, 4) is 22.6 Å². The van der Waals surface area contributed by atoms with Crippen LogP contribution in [0.4, 0.5) is 35.1 Å². The van der Waals surface area contributed by atoms with Crippen LogP contribution in [-0.4, -0.2) is 11.9 Å². The van der Waals surface area contributed by atoms with Crippen LogP contribution in [0, 0.1) is 75.0 Å². The second-order valence-electron chi connectivity index (χ2n) is 6.25. The quantitative estimate of drug-likeness (QED) is 0.104. The summed E-state index contributed by atoms with van der Waals surface area (Å²) in [6, 6.07) is 0. The third-order valence-electron chi connectivity index (χ3n) is 3.60. The van der Waals surface area contributed by atoms with Gasteiger partial charge in [-0.25, -0.2) is 27.2 Å². The van der Waals surface area contributed by atoms with Gasteiger partial charge in [0, 0.05) is 12.2 Å². The third kappa shape index (κ3) is 10.3. The number of carbonyl (C=O) groups excluding carboxylic acids is 2. The summed E-state index contributed by atoms with van der Waals surface area (Å²) >= 11 is 0. The fraction of sp³-hybridized carbons (Fsp3) is 0.120. The molecule has 2 aromatic rings. The van der Waals surface area contributed by atoms with Crippen molar-refractivity contribution in [2.75, 3.05) is 0 Å². The van der Waals surface area contributed by atoms with E-state index in [1.807, 2.05) is 0 Å². The molecule has 0 saturated carbocycles. The van der Waals surface area contributed by atoms with Crippen molar-refractivity contribution in [3.63, 3.8) is 0 Å². The summed E-state index contributed by atoms with van der Waals surface area (Å²) in [7, 11) is 10.8. The number of hydrogen-bond acceptors (Lipinski definition) is 6. The molecule has 0 unspecified atom stereocenters. The Kier molecular flexibility index (Phi) is 20.4. The summed E-state index contributed by atoms with van der Waals surface area (Å²) in [4.78, 5) is 19.6.